The van der Waals surface area contributed by atoms with E-state index in [0.717, 1.165) is 6.07 Å². The topological polar surface area (TPSA) is 50.7 Å². The second-order valence-corrected chi connectivity index (χ2v) is 4.89. The first-order valence-electron chi connectivity index (χ1n) is 6.60. The Morgan fingerprint density at radius 3 is 2.59 bits per heavy atom. The van der Waals surface area contributed by atoms with E-state index < -0.39 is 11.6 Å². The first kappa shape index (κ1) is 12.7. The molecule has 6 heteroatoms. The van der Waals surface area contributed by atoms with Gasteiger partial charge in [0.2, 0.25) is 0 Å². The summed E-state index contributed by atoms with van der Waals surface area (Å²) in [5.74, 6) is -1.94. The minimum absolute atomic E-state index is 0.00906. The Labute approximate surface area is 123 Å². The van der Waals surface area contributed by atoms with Gasteiger partial charge in [-0.25, -0.2) is 8.78 Å². The average molecular weight is 297 g/mol. The van der Waals surface area contributed by atoms with E-state index in [0.29, 0.717) is 22.3 Å². The number of nitrogens with one attached hydrogen (secondary N) is 1. The number of benzene rings is 2. The van der Waals surface area contributed by atoms with Gasteiger partial charge in [-0.15, -0.1) is 0 Å². The number of rotatable bonds is 1. The van der Waals surface area contributed by atoms with Gasteiger partial charge in [0.15, 0.2) is 11.6 Å². The number of fused-ring (bicyclic) bond motifs is 3. The zero-order valence-electron chi connectivity index (χ0n) is 11.2. The lowest BCUT2D eigenvalue weighted by Gasteiger charge is -2.04. The Morgan fingerprint density at radius 1 is 1.05 bits per heavy atom. The van der Waals surface area contributed by atoms with E-state index >= 15 is 0 Å². The van der Waals surface area contributed by atoms with Crippen molar-refractivity contribution in [2.75, 3.05) is 0 Å². The van der Waals surface area contributed by atoms with Crippen molar-refractivity contribution in [3.63, 3.8) is 0 Å². The second kappa shape index (κ2) is 4.49. The van der Waals surface area contributed by atoms with Crippen LogP contribution in [-0.4, -0.2) is 14.8 Å². The lowest BCUT2D eigenvalue weighted by atomic mass is 10.1. The van der Waals surface area contributed by atoms with Gasteiger partial charge in [0.05, 0.1) is 16.8 Å². The van der Waals surface area contributed by atoms with Gasteiger partial charge in [-0.3, -0.25) is 4.79 Å². The quantitative estimate of drug-likeness (QED) is 0.587. The largest absolute Gasteiger partial charge is 0.358 e. The van der Waals surface area contributed by atoms with E-state index in [1.165, 1.54) is 16.9 Å². The predicted octanol–water partition coefficient (Wildman–Crippen LogP) is 3.10. The van der Waals surface area contributed by atoms with Crippen LogP contribution in [0.5, 0.6) is 0 Å². The number of halogens is 2. The van der Waals surface area contributed by atoms with Crippen LogP contribution in [0, 0.1) is 11.6 Å². The normalized spacial score (nSPS) is 11.4. The van der Waals surface area contributed by atoms with E-state index in [9.17, 15) is 13.6 Å². The van der Waals surface area contributed by atoms with Crippen LogP contribution >= 0.6 is 0 Å². The zero-order valence-corrected chi connectivity index (χ0v) is 11.2. The number of hydrogen-bond acceptors (Lipinski definition) is 2. The van der Waals surface area contributed by atoms with Crippen LogP contribution in [0.15, 0.2) is 53.5 Å². The molecule has 0 aromatic heterocycles. The number of aromatic amines is 1. The molecule has 0 aliphatic carbocycles. The molecule has 22 heavy (non-hydrogen) atoms. The Morgan fingerprint density at radius 2 is 1.82 bits per heavy atom. The molecular weight excluding hydrogens is 288 g/mol. The van der Waals surface area contributed by atoms with E-state index in [2.05, 4.69) is 10.1 Å². The van der Waals surface area contributed by atoms with E-state index in [-0.39, 0.29) is 11.1 Å². The molecule has 108 valence electrons. The summed E-state index contributed by atoms with van der Waals surface area (Å²) in [5.41, 5.74) is 0.942. The van der Waals surface area contributed by atoms with Crippen LogP contribution in [0.1, 0.15) is 0 Å². The fourth-order valence-electron chi connectivity index (χ4n) is 2.52. The minimum Gasteiger partial charge on any atom is -0.358 e. The standard InChI is InChI=1S/C16H9F2N3O/c17-12-7-6-10-14-11(8-19-15(10)13(12)18)16(22)21(20-14)9-4-2-1-3-5-9/h1-8,19H. The van der Waals surface area contributed by atoms with Crippen molar-refractivity contribution in [1.82, 2.24) is 14.8 Å². The van der Waals surface area contributed by atoms with Crippen molar-refractivity contribution >= 4 is 10.9 Å². The van der Waals surface area contributed by atoms with Gasteiger partial charge in [-0.05, 0) is 24.3 Å². The molecule has 0 saturated carbocycles. The summed E-state index contributed by atoms with van der Waals surface area (Å²) in [6, 6.07) is 11.4. The number of nitrogens with zero attached hydrogens (tertiary/aromatic N) is 2. The van der Waals surface area contributed by atoms with Gasteiger partial charge in [0.1, 0.15) is 5.69 Å². The van der Waals surface area contributed by atoms with Gasteiger partial charge < -0.3 is 4.98 Å². The summed E-state index contributed by atoms with van der Waals surface area (Å²) < 4.78 is 28.4. The molecule has 4 nitrogen and oxygen atoms in total. The van der Waals surface area contributed by atoms with Crippen molar-refractivity contribution in [2.24, 2.45) is 0 Å². The predicted molar refractivity (Wildman–Crippen MR) is 78.2 cm³/mol. The van der Waals surface area contributed by atoms with Crippen LogP contribution in [-0.2, 0) is 0 Å². The van der Waals surface area contributed by atoms with E-state index in [1.54, 1.807) is 24.3 Å². The Kier molecular flexibility index (Phi) is 2.59. The maximum absolute atomic E-state index is 13.8. The first-order valence-corrected chi connectivity index (χ1v) is 6.60. The third-order valence-corrected chi connectivity index (χ3v) is 3.59. The molecule has 2 heterocycles. The molecule has 0 saturated heterocycles. The highest BCUT2D eigenvalue weighted by molar-refractivity contribution is 5.93. The summed E-state index contributed by atoms with van der Waals surface area (Å²) in [6.07, 6.45) is 1.36. The van der Waals surface area contributed by atoms with Crippen molar-refractivity contribution in [3.05, 3.63) is 70.6 Å². The van der Waals surface area contributed by atoms with Crippen LogP contribution in [0.2, 0.25) is 0 Å². The molecule has 0 bridgehead atoms. The summed E-state index contributed by atoms with van der Waals surface area (Å²) in [7, 11) is 0. The van der Waals surface area contributed by atoms with Gasteiger partial charge in [-0.1, -0.05) is 18.2 Å². The summed E-state index contributed by atoms with van der Waals surface area (Å²) in [4.78, 5) is 15.1. The highest BCUT2D eigenvalue weighted by atomic mass is 19.2. The van der Waals surface area contributed by atoms with Gasteiger partial charge in [0, 0.05) is 11.6 Å². The molecular formula is C16H9F2N3O. The number of hydrogen-bond donors (Lipinski definition) is 1. The molecule has 0 spiro atoms. The number of H-pyrrole nitrogens is 1. The SMILES string of the molecule is O=c1c2c[nH]c3c(F)c(F)ccc3c-2nn1-c1ccccc1. The fourth-order valence-corrected chi connectivity index (χ4v) is 2.52. The molecule has 1 N–H and O–H groups in total. The lowest BCUT2D eigenvalue weighted by Crippen LogP contribution is -2.14. The molecule has 2 aromatic rings. The highest BCUT2D eigenvalue weighted by Gasteiger charge is 2.21. The van der Waals surface area contributed by atoms with Gasteiger partial charge >= 0.3 is 0 Å². The van der Waals surface area contributed by atoms with Gasteiger partial charge in [0.25, 0.3) is 5.56 Å². The third-order valence-electron chi connectivity index (χ3n) is 3.59. The molecule has 0 unspecified atom stereocenters. The molecule has 2 aromatic carbocycles. The zero-order chi connectivity index (χ0) is 15.3. The summed E-state index contributed by atoms with van der Waals surface area (Å²) >= 11 is 0. The molecule has 0 amide bonds. The summed E-state index contributed by atoms with van der Waals surface area (Å²) in [6.45, 7) is 0. The Hall–Kier alpha value is -3.02. The van der Waals surface area contributed by atoms with Crippen molar-refractivity contribution < 1.29 is 8.78 Å². The number of pyridine rings is 1. The molecule has 4 rings (SSSR count). The van der Waals surface area contributed by atoms with Crippen molar-refractivity contribution in [2.45, 2.75) is 0 Å². The Balaban J connectivity index is 2.10. The van der Waals surface area contributed by atoms with Crippen LogP contribution in [0.3, 0.4) is 0 Å². The number of aromatic nitrogens is 3. The Bertz CT molecular complexity index is 1020. The van der Waals surface area contributed by atoms with E-state index in [1.807, 2.05) is 6.07 Å². The second-order valence-electron chi connectivity index (χ2n) is 4.89. The lowest BCUT2D eigenvalue weighted by molar-refractivity contribution is 0.515. The molecule has 2 aliphatic rings. The highest BCUT2D eigenvalue weighted by Crippen LogP contribution is 2.28. The molecule has 2 aliphatic heterocycles. The molecule has 0 atom stereocenters. The fraction of sp³-hybridized carbons (Fsp3) is 0. The van der Waals surface area contributed by atoms with Gasteiger partial charge in [-0.2, -0.15) is 9.78 Å². The van der Waals surface area contributed by atoms with Crippen molar-refractivity contribution in [3.8, 4) is 16.9 Å². The first-order chi connectivity index (χ1) is 10.7. The average Bonchev–Trinajstić information content (AvgIpc) is 2.89. The molecule has 0 fully saturated rings. The minimum atomic E-state index is -0.985. The van der Waals surface area contributed by atoms with Crippen LogP contribution in [0.25, 0.3) is 27.8 Å². The van der Waals surface area contributed by atoms with Crippen LogP contribution in [0.4, 0.5) is 8.78 Å². The van der Waals surface area contributed by atoms with E-state index in [4.69, 9.17) is 0 Å². The summed E-state index contributed by atoms with van der Waals surface area (Å²) in [5, 5.41) is 4.64. The van der Waals surface area contributed by atoms with Crippen molar-refractivity contribution in [1.29, 1.82) is 0 Å². The van der Waals surface area contributed by atoms with Crippen LogP contribution < -0.4 is 5.56 Å². The number of para-hydroxylation sites is 1. The smallest absolute Gasteiger partial charge is 0.282 e. The maximum atomic E-state index is 13.8. The third kappa shape index (κ3) is 1.67. The molecule has 0 radical (unpaired) electrons. The maximum Gasteiger partial charge on any atom is 0.282 e. The monoisotopic (exact) mass is 297 g/mol.